The van der Waals surface area contributed by atoms with Gasteiger partial charge in [0.1, 0.15) is 17.6 Å². The third-order valence-electron chi connectivity index (χ3n) is 2.91. The van der Waals surface area contributed by atoms with E-state index in [1.807, 2.05) is 0 Å². The summed E-state index contributed by atoms with van der Waals surface area (Å²) in [5.41, 5.74) is -1.91. The quantitative estimate of drug-likeness (QED) is 0.852. The van der Waals surface area contributed by atoms with Crippen LogP contribution in [0.25, 0.3) is 0 Å². The average molecular weight is 317 g/mol. The van der Waals surface area contributed by atoms with Crippen molar-refractivity contribution in [1.82, 2.24) is 5.32 Å². The van der Waals surface area contributed by atoms with Crippen LogP contribution in [0.15, 0.2) is 41.0 Å². The summed E-state index contributed by atoms with van der Waals surface area (Å²) in [7, 11) is 0. The van der Waals surface area contributed by atoms with E-state index in [1.165, 1.54) is 18.4 Å². The molecule has 0 saturated heterocycles. The summed E-state index contributed by atoms with van der Waals surface area (Å²) in [6, 6.07) is 4.02. The lowest BCUT2D eigenvalue weighted by molar-refractivity contribution is -0.140. The number of alkyl halides is 3. The molecule has 1 unspecified atom stereocenters. The minimum absolute atomic E-state index is 0.244. The number of carbonyl (C=O) groups is 1. The van der Waals surface area contributed by atoms with Gasteiger partial charge < -0.3 is 14.8 Å². The first kappa shape index (κ1) is 16.0. The number of aliphatic hydroxyl groups excluding tert-OH is 1. The van der Waals surface area contributed by atoms with E-state index in [4.69, 9.17) is 4.42 Å². The summed E-state index contributed by atoms with van der Waals surface area (Å²) < 4.78 is 56.0. The first-order chi connectivity index (χ1) is 10.3. The van der Waals surface area contributed by atoms with Crippen molar-refractivity contribution < 1.29 is 31.9 Å². The number of rotatable bonds is 4. The van der Waals surface area contributed by atoms with Gasteiger partial charge in [0.2, 0.25) is 0 Å². The molecule has 0 saturated carbocycles. The summed E-state index contributed by atoms with van der Waals surface area (Å²) in [6.07, 6.45) is -3.58. The molecular formula is C14H11F4NO3. The Morgan fingerprint density at radius 3 is 2.59 bits per heavy atom. The van der Waals surface area contributed by atoms with Crippen molar-refractivity contribution in [1.29, 1.82) is 0 Å². The monoisotopic (exact) mass is 317 g/mol. The van der Waals surface area contributed by atoms with Gasteiger partial charge in [0.15, 0.2) is 0 Å². The van der Waals surface area contributed by atoms with Crippen LogP contribution in [0.5, 0.6) is 0 Å². The minimum atomic E-state index is -4.90. The van der Waals surface area contributed by atoms with E-state index in [1.54, 1.807) is 0 Å². The molecule has 1 amide bonds. The second kappa shape index (κ2) is 6.18. The Bertz CT molecular complexity index is 653. The highest BCUT2D eigenvalue weighted by molar-refractivity contribution is 5.94. The number of hydrogen-bond acceptors (Lipinski definition) is 3. The third kappa shape index (κ3) is 3.45. The molecular weight excluding hydrogens is 306 g/mol. The third-order valence-corrected chi connectivity index (χ3v) is 2.91. The summed E-state index contributed by atoms with van der Waals surface area (Å²) in [6.45, 7) is -0.507. The van der Waals surface area contributed by atoms with Crippen LogP contribution in [0, 0.1) is 5.82 Å². The minimum Gasteiger partial charge on any atom is -0.467 e. The normalized spacial score (nSPS) is 13.0. The molecule has 1 aromatic carbocycles. The Morgan fingerprint density at radius 2 is 2.05 bits per heavy atom. The zero-order valence-corrected chi connectivity index (χ0v) is 11.0. The lowest BCUT2D eigenvalue weighted by Crippen LogP contribution is -2.30. The van der Waals surface area contributed by atoms with Crippen LogP contribution in [-0.4, -0.2) is 17.6 Å². The van der Waals surface area contributed by atoms with Crippen molar-refractivity contribution in [3.05, 3.63) is 59.3 Å². The molecule has 8 heteroatoms. The lowest BCUT2D eigenvalue weighted by atomic mass is 10.1. The Kier molecular flexibility index (Phi) is 4.51. The molecule has 0 radical (unpaired) electrons. The summed E-state index contributed by atoms with van der Waals surface area (Å²) in [5.74, 6) is -2.11. The maximum atomic E-state index is 13.2. The molecule has 0 aliphatic carbocycles. The smallest absolute Gasteiger partial charge is 0.419 e. The van der Waals surface area contributed by atoms with Gasteiger partial charge in [-0.25, -0.2) is 4.39 Å². The fourth-order valence-corrected chi connectivity index (χ4v) is 1.82. The molecule has 0 aliphatic heterocycles. The van der Waals surface area contributed by atoms with Crippen molar-refractivity contribution in [2.75, 3.05) is 6.61 Å². The van der Waals surface area contributed by atoms with Crippen LogP contribution < -0.4 is 5.32 Å². The maximum absolute atomic E-state index is 13.2. The van der Waals surface area contributed by atoms with Crippen molar-refractivity contribution in [2.24, 2.45) is 0 Å². The molecule has 1 atom stereocenters. The first-order valence-electron chi connectivity index (χ1n) is 6.15. The van der Waals surface area contributed by atoms with Gasteiger partial charge >= 0.3 is 6.18 Å². The predicted molar refractivity (Wildman–Crippen MR) is 67.4 cm³/mol. The average Bonchev–Trinajstić information content (AvgIpc) is 2.97. The Hall–Kier alpha value is -2.35. The highest BCUT2D eigenvalue weighted by Gasteiger charge is 2.34. The number of hydrogen-bond donors (Lipinski definition) is 2. The fourth-order valence-electron chi connectivity index (χ4n) is 1.82. The largest absolute Gasteiger partial charge is 0.467 e. The van der Waals surface area contributed by atoms with Crippen LogP contribution >= 0.6 is 0 Å². The molecule has 22 heavy (non-hydrogen) atoms. The molecule has 0 spiro atoms. The highest BCUT2D eigenvalue weighted by Crippen LogP contribution is 2.32. The van der Waals surface area contributed by atoms with Gasteiger partial charge in [-0.05, 0) is 30.3 Å². The number of halogens is 4. The van der Waals surface area contributed by atoms with Crippen molar-refractivity contribution in [2.45, 2.75) is 12.2 Å². The number of benzene rings is 1. The van der Waals surface area contributed by atoms with Crippen molar-refractivity contribution in [3.63, 3.8) is 0 Å². The van der Waals surface area contributed by atoms with E-state index in [-0.39, 0.29) is 11.3 Å². The summed E-state index contributed by atoms with van der Waals surface area (Å²) in [4.78, 5) is 11.9. The van der Waals surface area contributed by atoms with Gasteiger partial charge in [0.25, 0.3) is 5.91 Å². The second-order valence-corrected chi connectivity index (χ2v) is 4.42. The molecule has 1 aromatic heterocycles. The van der Waals surface area contributed by atoms with E-state index in [0.29, 0.717) is 12.1 Å². The summed E-state index contributed by atoms with van der Waals surface area (Å²) >= 11 is 0. The molecule has 0 aliphatic rings. The SMILES string of the molecule is O=C(NC(CO)c1ccco1)c1ccc(F)c(C(F)(F)F)c1. The number of aliphatic hydroxyl groups is 1. The number of amides is 1. The Morgan fingerprint density at radius 1 is 1.32 bits per heavy atom. The van der Waals surface area contributed by atoms with E-state index in [9.17, 15) is 27.5 Å². The molecule has 2 rings (SSSR count). The topological polar surface area (TPSA) is 62.5 Å². The van der Waals surface area contributed by atoms with Crippen LogP contribution in [-0.2, 0) is 6.18 Å². The second-order valence-electron chi connectivity index (χ2n) is 4.42. The molecule has 1 heterocycles. The van der Waals surface area contributed by atoms with E-state index in [2.05, 4.69) is 5.32 Å². The van der Waals surface area contributed by atoms with Crippen LogP contribution in [0.3, 0.4) is 0 Å². The van der Waals surface area contributed by atoms with Gasteiger partial charge in [0.05, 0.1) is 18.4 Å². The first-order valence-corrected chi connectivity index (χ1v) is 6.15. The molecule has 0 fully saturated rings. The zero-order valence-electron chi connectivity index (χ0n) is 11.0. The van der Waals surface area contributed by atoms with E-state index < -0.39 is 36.1 Å². The van der Waals surface area contributed by atoms with Crippen molar-refractivity contribution >= 4 is 5.91 Å². The van der Waals surface area contributed by atoms with Crippen molar-refractivity contribution in [3.8, 4) is 0 Å². The van der Waals surface area contributed by atoms with Gasteiger partial charge in [-0.3, -0.25) is 4.79 Å². The number of furan rings is 1. The molecule has 118 valence electrons. The Balaban J connectivity index is 2.23. The zero-order chi connectivity index (χ0) is 16.3. The Labute approximate surface area is 122 Å². The number of nitrogens with one attached hydrogen (secondary N) is 1. The van der Waals surface area contributed by atoms with E-state index >= 15 is 0 Å². The standard InChI is InChI=1S/C14H11F4NO3/c15-10-4-3-8(6-9(10)14(16,17)18)13(21)19-11(7-20)12-2-1-5-22-12/h1-6,11,20H,7H2,(H,19,21). The lowest BCUT2D eigenvalue weighted by Gasteiger charge is -2.15. The highest BCUT2D eigenvalue weighted by atomic mass is 19.4. The van der Waals surface area contributed by atoms with Crippen LogP contribution in [0.1, 0.15) is 27.7 Å². The van der Waals surface area contributed by atoms with Crippen LogP contribution in [0.2, 0.25) is 0 Å². The summed E-state index contributed by atoms with van der Waals surface area (Å²) in [5, 5.41) is 11.5. The molecule has 2 N–H and O–H groups in total. The predicted octanol–water partition coefficient (Wildman–Crippen LogP) is 2.90. The van der Waals surface area contributed by atoms with E-state index in [0.717, 1.165) is 6.07 Å². The van der Waals surface area contributed by atoms with Gasteiger partial charge in [-0.1, -0.05) is 0 Å². The van der Waals surface area contributed by atoms with Gasteiger partial charge in [-0.2, -0.15) is 13.2 Å². The molecule has 0 bridgehead atoms. The molecule has 2 aromatic rings. The number of carbonyl (C=O) groups excluding carboxylic acids is 1. The maximum Gasteiger partial charge on any atom is 0.419 e. The van der Waals surface area contributed by atoms with Gasteiger partial charge in [-0.15, -0.1) is 0 Å². The fraction of sp³-hybridized carbons (Fsp3) is 0.214. The molecule has 4 nitrogen and oxygen atoms in total. The van der Waals surface area contributed by atoms with Gasteiger partial charge in [0, 0.05) is 5.56 Å². The van der Waals surface area contributed by atoms with Crippen LogP contribution in [0.4, 0.5) is 17.6 Å².